The van der Waals surface area contributed by atoms with E-state index in [1.807, 2.05) is 10.6 Å². The molecule has 2 amide bonds. The molecule has 2 aromatic rings. The second-order valence-electron chi connectivity index (χ2n) is 7.28. The fourth-order valence-electron chi connectivity index (χ4n) is 4.12. The maximum absolute atomic E-state index is 14.1. The van der Waals surface area contributed by atoms with E-state index in [1.165, 1.54) is 12.1 Å². The summed E-state index contributed by atoms with van der Waals surface area (Å²) in [7, 11) is 0. The predicted molar refractivity (Wildman–Crippen MR) is 91.7 cm³/mol. The highest BCUT2D eigenvalue weighted by molar-refractivity contribution is 6.05. The number of amides is 2. The van der Waals surface area contributed by atoms with Gasteiger partial charge in [0.2, 0.25) is 11.9 Å². The molecule has 1 fully saturated rings. The summed E-state index contributed by atoms with van der Waals surface area (Å²) in [4.78, 5) is 28.5. The van der Waals surface area contributed by atoms with Crippen LogP contribution in [0.4, 0.5) is 23.5 Å². The summed E-state index contributed by atoms with van der Waals surface area (Å²) in [5.41, 5.74) is -3.91. The van der Waals surface area contributed by atoms with Crippen molar-refractivity contribution in [2.45, 2.75) is 50.4 Å². The highest BCUT2D eigenvalue weighted by atomic mass is 19.4. The lowest BCUT2D eigenvalue weighted by molar-refractivity contribution is -0.217. The summed E-state index contributed by atoms with van der Waals surface area (Å²) in [6, 6.07) is 3.50. The van der Waals surface area contributed by atoms with Crippen LogP contribution in [0.5, 0.6) is 0 Å². The number of alkyl halides is 3. The van der Waals surface area contributed by atoms with Crippen LogP contribution in [0.25, 0.3) is 11.0 Å². The first kappa shape index (κ1) is 18.7. The van der Waals surface area contributed by atoms with Gasteiger partial charge in [0.15, 0.2) is 5.82 Å². The third-order valence-corrected chi connectivity index (χ3v) is 5.51. The normalized spacial score (nSPS) is 22.5. The minimum Gasteiger partial charge on any atom is -0.317 e. The number of fused-ring (bicyclic) bond motifs is 3. The molecule has 1 aliphatic heterocycles. The molecule has 6 nitrogen and oxygen atoms in total. The van der Waals surface area contributed by atoms with Crippen LogP contribution in [0.3, 0.4) is 0 Å². The van der Waals surface area contributed by atoms with E-state index >= 15 is 0 Å². The molecule has 10 heteroatoms. The van der Waals surface area contributed by atoms with Crippen molar-refractivity contribution < 1.29 is 27.2 Å². The molecule has 2 N–H and O–H groups in total. The maximum Gasteiger partial charge on any atom is 0.440 e. The Bertz CT molecular complexity index is 949. The Kier molecular flexibility index (Phi) is 4.31. The number of halogens is 4. The van der Waals surface area contributed by atoms with E-state index in [9.17, 15) is 27.2 Å². The van der Waals surface area contributed by atoms with Crippen molar-refractivity contribution >= 4 is 28.8 Å². The second kappa shape index (κ2) is 6.46. The zero-order valence-corrected chi connectivity index (χ0v) is 14.8. The van der Waals surface area contributed by atoms with Crippen molar-refractivity contribution in [1.82, 2.24) is 14.9 Å². The lowest BCUT2D eigenvalue weighted by Crippen LogP contribution is -2.63. The SMILES string of the molecule is O=C(CCC1CCCC1)NC1(C(F)(F)F)C(=O)Nc2nc3c(F)cccc3n21. The molecule has 1 aromatic heterocycles. The minimum atomic E-state index is -5.16. The monoisotopic (exact) mass is 398 g/mol. The van der Waals surface area contributed by atoms with Gasteiger partial charge in [0.1, 0.15) is 5.52 Å². The highest BCUT2D eigenvalue weighted by Gasteiger charge is 2.67. The Hall–Kier alpha value is -2.65. The first-order valence-electron chi connectivity index (χ1n) is 9.10. The number of para-hydroxylation sites is 1. The van der Waals surface area contributed by atoms with Crippen molar-refractivity contribution in [2.75, 3.05) is 5.32 Å². The van der Waals surface area contributed by atoms with Gasteiger partial charge in [-0.3, -0.25) is 19.5 Å². The molecular weight excluding hydrogens is 380 g/mol. The Morgan fingerprint density at radius 2 is 2.04 bits per heavy atom. The number of anilines is 1. The molecule has 1 saturated carbocycles. The van der Waals surface area contributed by atoms with E-state index in [1.54, 1.807) is 0 Å². The zero-order valence-electron chi connectivity index (χ0n) is 14.8. The van der Waals surface area contributed by atoms with Crippen LogP contribution in [-0.4, -0.2) is 27.5 Å². The van der Waals surface area contributed by atoms with Crippen molar-refractivity contribution in [2.24, 2.45) is 5.92 Å². The summed E-state index contributed by atoms with van der Waals surface area (Å²) in [6.07, 6.45) is -0.805. The van der Waals surface area contributed by atoms with Gasteiger partial charge < -0.3 is 5.32 Å². The second-order valence-corrected chi connectivity index (χ2v) is 7.28. The quantitative estimate of drug-likeness (QED) is 0.775. The fourth-order valence-corrected chi connectivity index (χ4v) is 4.12. The summed E-state index contributed by atoms with van der Waals surface area (Å²) in [6.45, 7) is 0. The molecule has 150 valence electrons. The number of benzene rings is 1. The fraction of sp³-hybridized carbons (Fsp3) is 0.500. The average Bonchev–Trinajstić information content (AvgIpc) is 3.30. The molecule has 0 radical (unpaired) electrons. The Morgan fingerprint density at radius 1 is 1.32 bits per heavy atom. The lowest BCUT2D eigenvalue weighted by Gasteiger charge is -2.32. The van der Waals surface area contributed by atoms with Crippen LogP contribution in [0.15, 0.2) is 18.2 Å². The number of carbonyl (C=O) groups is 2. The molecule has 28 heavy (non-hydrogen) atoms. The van der Waals surface area contributed by atoms with Gasteiger partial charge in [0.25, 0.3) is 11.6 Å². The summed E-state index contributed by atoms with van der Waals surface area (Å²) >= 11 is 0. The molecule has 2 aliphatic rings. The summed E-state index contributed by atoms with van der Waals surface area (Å²) in [5, 5.41) is 3.91. The number of rotatable bonds is 4. The van der Waals surface area contributed by atoms with Gasteiger partial charge in [-0.1, -0.05) is 31.7 Å². The predicted octanol–water partition coefficient (Wildman–Crippen LogP) is 3.43. The summed E-state index contributed by atoms with van der Waals surface area (Å²) in [5.74, 6) is -3.33. The molecule has 0 bridgehead atoms. The van der Waals surface area contributed by atoms with E-state index in [2.05, 4.69) is 4.98 Å². The number of hydrogen-bond acceptors (Lipinski definition) is 3. The van der Waals surface area contributed by atoms with Gasteiger partial charge in [-0.05, 0) is 24.5 Å². The molecule has 2 heterocycles. The van der Waals surface area contributed by atoms with Gasteiger partial charge in [-0.2, -0.15) is 13.2 Å². The van der Waals surface area contributed by atoms with Crippen molar-refractivity contribution in [3.63, 3.8) is 0 Å². The Morgan fingerprint density at radius 3 is 2.71 bits per heavy atom. The van der Waals surface area contributed by atoms with Crippen LogP contribution in [0, 0.1) is 11.7 Å². The number of hydrogen-bond donors (Lipinski definition) is 2. The molecule has 1 atom stereocenters. The van der Waals surface area contributed by atoms with Gasteiger partial charge in [-0.25, -0.2) is 9.37 Å². The summed E-state index contributed by atoms with van der Waals surface area (Å²) < 4.78 is 56.9. The lowest BCUT2D eigenvalue weighted by atomic mass is 10.0. The van der Waals surface area contributed by atoms with E-state index in [0.29, 0.717) is 16.9 Å². The van der Waals surface area contributed by atoms with Crippen molar-refractivity contribution in [3.05, 3.63) is 24.0 Å². The van der Waals surface area contributed by atoms with E-state index in [-0.39, 0.29) is 17.5 Å². The third-order valence-electron chi connectivity index (χ3n) is 5.51. The van der Waals surface area contributed by atoms with Crippen molar-refractivity contribution in [3.8, 4) is 0 Å². The number of carbonyl (C=O) groups excluding carboxylic acids is 2. The van der Waals surface area contributed by atoms with Crippen LogP contribution in [0.2, 0.25) is 0 Å². The van der Waals surface area contributed by atoms with Gasteiger partial charge in [-0.15, -0.1) is 0 Å². The largest absolute Gasteiger partial charge is 0.440 e. The minimum absolute atomic E-state index is 0.119. The molecular formula is C18H18F4N4O2. The molecule has 4 rings (SSSR count). The maximum atomic E-state index is 14.1. The number of aromatic nitrogens is 2. The van der Waals surface area contributed by atoms with Gasteiger partial charge in [0.05, 0.1) is 5.52 Å². The van der Waals surface area contributed by atoms with Crippen LogP contribution in [0.1, 0.15) is 38.5 Å². The van der Waals surface area contributed by atoms with Crippen LogP contribution < -0.4 is 10.6 Å². The van der Waals surface area contributed by atoms with Gasteiger partial charge in [0, 0.05) is 6.42 Å². The van der Waals surface area contributed by atoms with Crippen LogP contribution in [-0.2, 0) is 15.3 Å². The average molecular weight is 398 g/mol. The zero-order chi connectivity index (χ0) is 20.1. The highest BCUT2D eigenvalue weighted by Crippen LogP contribution is 2.44. The first-order chi connectivity index (χ1) is 13.2. The Labute approximate surface area is 157 Å². The number of nitrogens with one attached hydrogen (secondary N) is 2. The molecule has 0 spiro atoms. The van der Waals surface area contributed by atoms with Crippen LogP contribution >= 0.6 is 0 Å². The van der Waals surface area contributed by atoms with E-state index < -0.39 is 35.4 Å². The third kappa shape index (κ3) is 2.73. The Balaban J connectivity index is 1.72. The van der Waals surface area contributed by atoms with E-state index in [0.717, 1.165) is 31.7 Å². The van der Waals surface area contributed by atoms with Gasteiger partial charge >= 0.3 is 6.18 Å². The molecule has 1 aliphatic carbocycles. The smallest absolute Gasteiger partial charge is 0.317 e. The number of imidazole rings is 1. The molecule has 0 saturated heterocycles. The molecule has 1 unspecified atom stereocenters. The molecule has 1 aromatic carbocycles. The topological polar surface area (TPSA) is 76.0 Å². The van der Waals surface area contributed by atoms with Crippen molar-refractivity contribution in [1.29, 1.82) is 0 Å². The first-order valence-corrected chi connectivity index (χ1v) is 9.10. The number of nitrogens with zero attached hydrogens (tertiary/aromatic N) is 2. The standard InChI is InChI=1S/C18H18F4N4O2/c19-11-6-3-7-12-14(11)23-16-24-15(28)17(26(12)16,18(20,21)22)25-13(27)9-8-10-4-1-2-5-10/h3,6-7,10H,1-2,4-5,8-9H2,(H,25,27)(H,23,24,28). The van der Waals surface area contributed by atoms with E-state index in [4.69, 9.17) is 0 Å².